The molecule has 0 spiro atoms. The summed E-state index contributed by atoms with van der Waals surface area (Å²) in [6, 6.07) is 7.53. The van der Waals surface area contributed by atoms with Crippen molar-refractivity contribution in [2.24, 2.45) is 0 Å². The number of aromatic nitrogens is 2. The maximum absolute atomic E-state index is 12.0. The SMILES string of the molecule is COc1ccc(CCNC(=O)Nc2nnc(SCCN3CCOCC3)s2)cc1. The van der Waals surface area contributed by atoms with E-state index in [1.54, 1.807) is 18.9 Å². The van der Waals surface area contributed by atoms with Crippen molar-refractivity contribution >= 4 is 34.3 Å². The van der Waals surface area contributed by atoms with Gasteiger partial charge in [-0.1, -0.05) is 35.2 Å². The number of morpholine rings is 1. The van der Waals surface area contributed by atoms with Gasteiger partial charge >= 0.3 is 6.03 Å². The predicted octanol–water partition coefficient (Wildman–Crippen LogP) is 2.34. The monoisotopic (exact) mass is 423 g/mol. The van der Waals surface area contributed by atoms with Crippen LogP contribution in [0, 0.1) is 0 Å². The molecular weight excluding hydrogens is 398 g/mol. The number of methoxy groups -OCH3 is 1. The fourth-order valence-corrected chi connectivity index (χ4v) is 4.48. The molecule has 152 valence electrons. The second kappa shape index (κ2) is 11.2. The predicted molar refractivity (Wildman–Crippen MR) is 112 cm³/mol. The number of hydrogen-bond donors (Lipinski definition) is 2. The van der Waals surface area contributed by atoms with Crippen LogP contribution in [0.15, 0.2) is 28.6 Å². The van der Waals surface area contributed by atoms with Crippen molar-refractivity contribution in [1.29, 1.82) is 0 Å². The van der Waals surface area contributed by atoms with E-state index in [-0.39, 0.29) is 6.03 Å². The Hall–Kier alpha value is -1.88. The molecular formula is C18H25N5O3S2. The lowest BCUT2D eigenvalue weighted by molar-refractivity contribution is 0.0410. The number of thioether (sulfide) groups is 1. The topological polar surface area (TPSA) is 88.6 Å². The highest BCUT2D eigenvalue weighted by atomic mass is 32.2. The summed E-state index contributed by atoms with van der Waals surface area (Å²) in [4.78, 5) is 14.4. The number of carbonyl (C=O) groups is 1. The minimum absolute atomic E-state index is 0.269. The van der Waals surface area contributed by atoms with Crippen LogP contribution in [-0.2, 0) is 11.2 Å². The fraction of sp³-hybridized carbons (Fsp3) is 0.500. The Kier molecular flexibility index (Phi) is 8.34. The second-order valence-electron chi connectivity index (χ2n) is 6.15. The molecule has 1 fully saturated rings. The number of benzene rings is 1. The average Bonchev–Trinajstić information content (AvgIpc) is 3.16. The zero-order valence-electron chi connectivity index (χ0n) is 15.8. The first-order valence-corrected chi connectivity index (χ1v) is 11.0. The summed E-state index contributed by atoms with van der Waals surface area (Å²) in [7, 11) is 1.64. The number of carbonyl (C=O) groups excluding carboxylic acids is 1. The summed E-state index contributed by atoms with van der Waals surface area (Å²) >= 11 is 3.05. The molecule has 2 amide bonds. The van der Waals surface area contributed by atoms with E-state index in [1.165, 1.54) is 11.3 Å². The number of hydrogen-bond acceptors (Lipinski definition) is 8. The maximum atomic E-state index is 12.0. The van der Waals surface area contributed by atoms with Crippen molar-refractivity contribution < 1.29 is 14.3 Å². The lowest BCUT2D eigenvalue weighted by Crippen LogP contribution is -2.37. The average molecular weight is 424 g/mol. The highest BCUT2D eigenvalue weighted by Gasteiger charge is 2.12. The van der Waals surface area contributed by atoms with Gasteiger partial charge in [-0.3, -0.25) is 10.2 Å². The van der Waals surface area contributed by atoms with E-state index < -0.39 is 0 Å². The molecule has 8 nitrogen and oxygen atoms in total. The molecule has 0 radical (unpaired) electrons. The first-order chi connectivity index (χ1) is 13.7. The Morgan fingerprint density at radius 3 is 2.82 bits per heavy atom. The van der Waals surface area contributed by atoms with E-state index in [0.717, 1.165) is 60.7 Å². The number of nitrogens with one attached hydrogen (secondary N) is 2. The molecule has 0 saturated carbocycles. The molecule has 1 aromatic carbocycles. The van der Waals surface area contributed by atoms with E-state index in [1.807, 2.05) is 24.3 Å². The quantitative estimate of drug-likeness (QED) is 0.473. The molecule has 2 heterocycles. The molecule has 3 rings (SSSR count). The third kappa shape index (κ3) is 6.93. The summed E-state index contributed by atoms with van der Waals surface area (Å²) in [6.45, 7) is 5.14. The summed E-state index contributed by atoms with van der Waals surface area (Å²) in [6.07, 6.45) is 0.746. The zero-order valence-corrected chi connectivity index (χ0v) is 17.5. The summed E-state index contributed by atoms with van der Waals surface area (Å²) < 4.78 is 11.3. The van der Waals surface area contributed by atoms with Gasteiger partial charge in [0.15, 0.2) is 4.34 Å². The second-order valence-corrected chi connectivity index (χ2v) is 8.47. The van der Waals surface area contributed by atoms with E-state index in [2.05, 4.69) is 25.7 Å². The highest BCUT2D eigenvalue weighted by Crippen LogP contribution is 2.25. The molecule has 1 aliphatic heterocycles. The van der Waals surface area contributed by atoms with Crippen LogP contribution in [0.25, 0.3) is 0 Å². The molecule has 1 aromatic heterocycles. The number of amides is 2. The van der Waals surface area contributed by atoms with Crippen molar-refractivity contribution in [2.75, 3.05) is 57.6 Å². The first-order valence-electron chi connectivity index (χ1n) is 9.17. The van der Waals surface area contributed by atoms with Gasteiger partial charge in [0.1, 0.15) is 5.75 Å². The molecule has 28 heavy (non-hydrogen) atoms. The standard InChI is InChI=1S/C18H25N5O3S2/c1-25-15-4-2-14(3-5-15)6-7-19-16(24)20-17-21-22-18(28-17)27-13-10-23-8-11-26-12-9-23/h2-5H,6-13H2,1H3,(H2,19,20,21,24). The van der Waals surface area contributed by atoms with Gasteiger partial charge in [0.05, 0.1) is 20.3 Å². The number of ether oxygens (including phenoxy) is 2. The van der Waals surface area contributed by atoms with E-state index >= 15 is 0 Å². The first kappa shape index (κ1) is 20.8. The molecule has 2 N–H and O–H groups in total. The minimum Gasteiger partial charge on any atom is -0.497 e. The molecule has 0 aliphatic carbocycles. The van der Waals surface area contributed by atoms with E-state index in [0.29, 0.717) is 11.7 Å². The van der Waals surface area contributed by atoms with Crippen LogP contribution < -0.4 is 15.4 Å². The number of urea groups is 1. The Labute approximate surface area is 173 Å². The van der Waals surface area contributed by atoms with Crippen molar-refractivity contribution in [2.45, 2.75) is 10.8 Å². The lowest BCUT2D eigenvalue weighted by atomic mass is 10.1. The van der Waals surface area contributed by atoms with Gasteiger partial charge in [-0.2, -0.15) is 0 Å². The van der Waals surface area contributed by atoms with E-state index in [4.69, 9.17) is 9.47 Å². The normalized spacial score (nSPS) is 14.6. The third-order valence-electron chi connectivity index (χ3n) is 4.22. The van der Waals surface area contributed by atoms with Crippen molar-refractivity contribution in [3.63, 3.8) is 0 Å². The number of nitrogens with zero attached hydrogens (tertiary/aromatic N) is 3. The summed E-state index contributed by atoms with van der Waals surface area (Å²) in [5.41, 5.74) is 1.14. The smallest absolute Gasteiger partial charge is 0.321 e. The van der Waals surface area contributed by atoms with Gasteiger partial charge in [-0.25, -0.2) is 4.79 Å². The number of rotatable bonds is 9. The van der Waals surface area contributed by atoms with Crippen LogP contribution in [0.3, 0.4) is 0 Å². The van der Waals surface area contributed by atoms with Gasteiger partial charge in [-0.05, 0) is 24.1 Å². The van der Waals surface area contributed by atoms with Crippen molar-refractivity contribution in [1.82, 2.24) is 20.4 Å². The summed E-state index contributed by atoms with van der Waals surface area (Å²) in [5.74, 6) is 1.77. The van der Waals surface area contributed by atoms with Crippen LogP contribution in [-0.4, -0.2) is 73.4 Å². The highest BCUT2D eigenvalue weighted by molar-refractivity contribution is 8.01. The van der Waals surface area contributed by atoms with Gasteiger partial charge in [-0.15, -0.1) is 10.2 Å². The van der Waals surface area contributed by atoms with Gasteiger partial charge in [0.25, 0.3) is 0 Å². The van der Waals surface area contributed by atoms with Crippen molar-refractivity contribution in [3.05, 3.63) is 29.8 Å². The summed E-state index contributed by atoms with van der Waals surface area (Å²) in [5, 5.41) is 14.3. The Morgan fingerprint density at radius 2 is 2.07 bits per heavy atom. The fourth-order valence-electron chi connectivity index (χ4n) is 2.66. The molecule has 0 atom stereocenters. The van der Waals surface area contributed by atoms with Crippen LogP contribution in [0.1, 0.15) is 5.56 Å². The van der Waals surface area contributed by atoms with E-state index in [9.17, 15) is 4.79 Å². The van der Waals surface area contributed by atoms with Gasteiger partial charge in [0.2, 0.25) is 5.13 Å². The molecule has 1 saturated heterocycles. The minimum atomic E-state index is -0.269. The molecule has 10 heteroatoms. The molecule has 1 aliphatic rings. The van der Waals surface area contributed by atoms with Gasteiger partial charge in [0, 0.05) is 31.9 Å². The number of anilines is 1. The van der Waals surface area contributed by atoms with Crippen LogP contribution in [0.4, 0.5) is 9.93 Å². The van der Waals surface area contributed by atoms with Crippen LogP contribution >= 0.6 is 23.1 Å². The van der Waals surface area contributed by atoms with Gasteiger partial charge < -0.3 is 14.8 Å². The largest absolute Gasteiger partial charge is 0.497 e. The van der Waals surface area contributed by atoms with Crippen molar-refractivity contribution in [3.8, 4) is 5.75 Å². The molecule has 0 bridgehead atoms. The Bertz CT molecular complexity index is 735. The van der Waals surface area contributed by atoms with Crippen LogP contribution in [0.2, 0.25) is 0 Å². The van der Waals surface area contributed by atoms with Crippen LogP contribution in [0.5, 0.6) is 5.75 Å². The molecule has 2 aromatic rings. The Balaban J connectivity index is 1.32. The lowest BCUT2D eigenvalue weighted by Gasteiger charge is -2.25. The zero-order chi connectivity index (χ0) is 19.6. The maximum Gasteiger partial charge on any atom is 0.321 e. The third-order valence-corrected chi connectivity index (χ3v) is 6.17. The molecule has 0 unspecified atom stereocenters. The Morgan fingerprint density at radius 1 is 1.29 bits per heavy atom.